The highest BCUT2D eigenvalue weighted by atomic mass is 79.9. The lowest BCUT2D eigenvalue weighted by atomic mass is 10.0. The van der Waals surface area contributed by atoms with E-state index in [1.54, 1.807) is 18.2 Å². The minimum atomic E-state index is -0.733. The molecule has 0 aliphatic rings. The van der Waals surface area contributed by atoms with Crippen LogP contribution in [0.1, 0.15) is 17.2 Å². The van der Waals surface area contributed by atoms with Gasteiger partial charge in [0.2, 0.25) is 0 Å². The van der Waals surface area contributed by atoms with Crippen LogP contribution in [0.4, 0.5) is 0 Å². The lowest BCUT2D eigenvalue weighted by Gasteiger charge is -2.12. The predicted octanol–water partition coefficient (Wildman–Crippen LogP) is 4.84. The molecular weight excluding hydrogens is 323 g/mol. The fraction of sp³-hybridized carbons (Fsp3) is 0.0769. The van der Waals surface area contributed by atoms with Crippen molar-refractivity contribution in [3.8, 4) is 0 Å². The minimum Gasteiger partial charge on any atom is -0.384 e. The Kier molecular flexibility index (Phi) is 4.10. The minimum absolute atomic E-state index is 0.515. The van der Waals surface area contributed by atoms with Crippen molar-refractivity contribution in [2.24, 2.45) is 0 Å². The third-order valence-corrected chi connectivity index (χ3v) is 3.29. The van der Waals surface area contributed by atoms with E-state index in [9.17, 15) is 5.11 Å². The monoisotopic (exact) mass is 330 g/mol. The molecule has 0 aliphatic carbocycles. The summed E-state index contributed by atoms with van der Waals surface area (Å²) in [5.74, 6) is 0. The average molecular weight is 332 g/mol. The second-order valence-electron chi connectivity index (χ2n) is 3.66. The summed E-state index contributed by atoms with van der Waals surface area (Å²) in [6, 6.07) is 12.5. The van der Waals surface area contributed by atoms with Gasteiger partial charge in [0.05, 0.1) is 0 Å². The lowest BCUT2D eigenvalue weighted by Crippen LogP contribution is -1.99. The Morgan fingerprint density at radius 2 is 1.59 bits per heavy atom. The summed E-state index contributed by atoms with van der Waals surface area (Å²) in [5.41, 5.74) is 1.47. The standard InChI is InChI=1S/C13H9BrCl2O/c14-10-3-1-2-8(4-10)13(17)9-5-11(15)7-12(16)6-9/h1-7,13,17H/t13-/m1/s1. The summed E-state index contributed by atoms with van der Waals surface area (Å²) >= 11 is 15.2. The fourth-order valence-electron chi connectivity index (χ4n) is 1.60. The van der Waals surface area contributed by atoms with Crippen LogP contribution < -0.4 is 0 Å². The number of rotatable bonds is 2. The molecule has 17 heavy (non-hydrogen) atoms. The molecule has 0 amide bonds. The number of benzene rings is 2. The van der Waals surface area contributed by atoms with Crippen molar-refractivity contribution >= 4 is 39.1 Å². The number of halogens is 3. The molecule has 0 heterocycles. The molecule has 0 radical (unpaired) electrons. The molecule has 4 heteroatoms. The van der Waals surface area contributed by atoms with E-state index >= 15 is 0 Å². The van der Waals surface area contributed by atoms with Gasteiger partial charge in [-0.15, -0.1) is 0 Å². The highest BCUT2D eigenvalue weighted by Gasteiger charge is 2.12. The Balaban J connectivity index is 2.39. The van der Waals surface area contributed by atoms with E-state index in [0.717, 1.165) is 10.0 Å². The van der Waals surface area contributed by atoms with Crippen molar-refractivity contribution in [3.63, 3.8) is 0 Å². The molecule has 0 spiro atoms. The Hall–Kier alpha value is -0.540. The van der Waals surface area contributed by atoms with Crippen molar-refractivity contribution < 1.29 is 5.11 Å². The first-order valence-electron chi connectivity index (χ1n) is 4.96. The van der Waals surface area contributed by atoms with Crippen molar-refractivity contribution in [2.75, 3.05) is 0 Å². The highest BCUT2D eigenvalue weighted by Crippen LogP contribution is 2.28. The molecule has 0 aromatic heterocycles. The van der Waals surface area contributed by atoms with Crippen LogP contribution in [0.3, 0.4) is 0 Å². The molecule has 0 bridgehead atoms. The molecule has 0 fully saturated rings. The first-order valence-corrected chi connectivity index (χ1v) is 6.50. The normalized spacial score (nSPS) is 12.5. The Morgan fingerprint density at radius 1 is 0.941 bits per heavy atom. The van der Waals surface area contributed by atoms with Gasteiger partial charge in [-0.1, -0.05) is 51.3 Å². The van der Waals surface area contributed by atoms with Crippen LogP contribution in [0.25, 0.3) is 0 Å². The third kappa shape index (κ3) is 3.23. The van der Waals surface area contributed by atoms with E-state index in [2.05, 4.69) is 15.9 Å². The topological polar surface area (TPSA) is 20.2 Å². The average Bonchev–Trinajstić information content (AvgIpc) is 2.26. The first-order chi connectivity index (χ1) is 8.06. The van der Waals surface area contributed by atoms with Crippen LogP contribution in [-0.4, -0.2) is 5.11 Å². The van der Waals surface area contributed by atoms with Crippen LogP contribution in [0, 0.1) is 0 Å². The molecule has 2 rings (SSSR count). The molecule has 2 aromatic carbocycles. The molecule has 0 saturated carbocycles. The third-order valence-electron chi connectivity index (χ3n) is 2.37. The molecule has 1 atom stereocenters. The summed E-state index contributed by atoms with van der Waals surface area (Å²) in [4.78, 5) is 0. The summed E-state index contributed by atoms with van der Waals surface area (Å²) in [7, 11) is 0. The first kappa shape index (κ1) is 12.9. The fourth-order valence-corrected chi connectivity index (χ4v) is 2.56. The maximum Gasteiger partial charge on any atom is 0.104 e. The van der Waals surface area contributed by atoms with Crippen LogP contribution in [0.15, 0.2) is 46.9 Å². The predicted molar refractivity (Wildman–Crippen MR) is 74.7 cm³/mol. The molecular formula is C13H9BrCl2O. The van der Waals surface area contributed by atoms with Gasteiger partial charge in [-0.2, -0.15) is 0 Å². The van der Waals surface area contributed by atoms with E-state index in [1.807, 2.05) is 24.3 Å². The van der Waals surface area contributed by atoms with Crippen LogP contribution in [0.2, 0.25) is 10.0 Å². The number of aliphatic hydroxyl groups is 1. The van der Waals surface area contributed by atoms with E-state index in [4.69, 9.17) is 23.2 Å². The Bertz CT molecular complexity index is 522. The van der Waals surface area contributed by atoms with E-state index in [-0.39, 0.29) is 0 Å². The number of aliphatic hydroxyl groups excluding tert-OH is 1. The van der Waals surface area contributed by atoms with Gasteiger partial charge in [-0.05, 0) is 41.5 Å². The van der Waals surface area contributed by atoms with Crippen LogP contribution >= 0.6 is 39.1 Å². The Labute approximate surface area is 118 Å². The van der Waals surface area contributed by atoms with Crippen molar-refractivity contribution in [3.05, 3.63) is 68.1 Å². The Morgan fingerprint density at radius 3 is 2.18 bits per heavy atom. The second kappa shape index (κ2) is 5.40. The molecule has 1 N–H and O–H groups in total. The zero-order valence-electron chi connectivity index (χ0n) is 8.70. The van der Waals surface area contributed by atoms with Gasteiger partial charge < -0.3 is 5.11 Å². The van der Waals surface area contributed by atoms with Gasteiger partial charge in [-0.3, -0.25) is 0 Å². The van der Waals surface area contributed by atoms with Crippen molar-refractivity contribution in [2.45, 2.75) is 6.10 Å². The van der Waals surface area contributed by atoms with Crippen LogP contribution in [0.5, 0.6) is 0 Å². The molecule has 0 saturated heterocycles. The van der Waals surface area contributed by atoms with Gasteiger partial charge in [0.25, 0.3) is 0 Å². The zero-order chi connectivity index (χ0) is 12.4. The van der Waals surface area contributed by atoms with Gasteiger partial charge >= 0.3 is 0 Å². The van der Waals surface area contributed by atoms with Gasteiger partial charge in [0.15, 0.2) is 0 Å². The quantitative estimate of drug-likeness (QED) is 0.835. The SMILES string of the molecule is O[C@@H](c1cc(Cl)cc(Cl)c1)c1cccc(Br)c1. The summed E-state index contributed by atoms with van der Waals surface area (Å²) in [5, 5.41) is 11.3. The van der Waals surface area contributed by atoms with E-state index in [1.165, 1.54) is 0 Å². The molecule has 0 aliphatic heterocycles. The van der Waals surface area contributed by atoms with Crippen molar-refractivity contribution in [1.29, 1.82) is 0 Å². The molecule has 1 nitrogen and oxygen atoms in total. The second-order valence-corrected chi connectivity index (χ2v) is 5.45. The summed E-state index contributed by atoms with van der Waals surface area (Å²) in [6.45, 7) is 0. The highest BCUT2D eigenvalue weighted by molar-refractivity contribution is 9.10. The van der Waals surface area contributed by atoms with Gasteiger partial charge in [-0.25, -0.2) is 0 Å². The van der Waals surface area contributed by atoms with Crippen LogP contribution in [-0.2, 0) is 0 Å². The van der Waals surface area contributed by atoms with E-state index < -0.39 is 6.10 Å². The van der Waals surface area contributed by atoms with Gasteiger partial charge in [0, 0.05) is 14.5 Å². The lowest BCUT2D eigenvalue weighted by molar-refractivity contribution is 0.220. The van der Waals surface area contributed by atoms with Gasteiger partial charge in [0.1, 0.15) is 6.10 Å². The maximum absolute atomic E-state index is 10.2. The smallest absolute Gasteiger partial charge is 0.104 e. The van der Waals surface area contributed by atoms with Crippen molar-refractivity contribution in [1.82, 2.24) is 0 Å². The molecule has 0 unspecified atom stereocenters. The number of hydrogen-bond donors (Lipinski definition) is 1. The largest absolute Gasteiger partial charge is 0.384 e. The van der Waals surface area contributed by atoms with E-state index in [0.29, 0.717) is 15.6 Å². The number of hydrogen-bond acceptors (Lipinski definition) is 1. The molecule has 2 aromatic rings. The molecule has 88 valence electrons. The summed E-state index contributed by atoms with van der Waals surface area (Å²) < 4.78 is 0.919. The zero-order valence-corrected chi connectivity index (χ0v) is 11.8. The summed E-state index contributed by atoms with van der Waals surface area (Å²) in [6.07, 6.45) is -0.733. The maximum atomic E-state index is 10.2.